The van der Waals surface area contributed by atoms with Gasteiger partial charge < -0.3 is 29.0 Å². The zero-order valence-electron chi connectivity index (χ0n) is 20.2. The molecule has 1 aromatic carbocycles. The third kappa shape index (κ3) is 4.45. The van der Waals surface area contributed by atoms with Gasteiger partial charge in [-0.25, -0.2) is 9.59 Å². The Kier molecular flexibility index (Phi) is 6.82. The fraction of sp³-hybridized carbons (Fsp3) is 0.652. The maximum Gasteiger partial charge on any atom is 0.494 e. The number of ether oxygens (including phenoxy) is 1. The Labute approximate surface area is 190 Å². The second-order valence-corrected chi connectivity index (χ2v) is 9.58. The van der Waals surface area contributed by atoms with Crippen molar-refractivity contribution >= 4 is 30.3 Å². The molecule has 1 N–H and O–H groups in total. The molecule has 2 fully saturated rings. The average molecular weight is 446 g/mol. The van der Waals surface area contributed by atoms with Crippen LogP contribution in [-0.2, 0) is 14.0 Å². The summed E-state index contributed by atoms with van der Waals surface area (Å²) in [6, 6.07) is 4.01. The maximum absolute atomic E-state index is 12.6. The zero-order chi connectivity index (χ0) is 23.8. The van der Waals surface area contributed by atoms with Crippen LogP contribution in [0.4, 0.5) is 10.5 Å². The molecule has 32 heavy (non-hydrogen) atoms. The molecule has 2 heterocycles. The van der Waals surface area contributed by atoms with Crippen LogP contribution in [0.2, 0.25) is 0 Å². The molecule has 0 radical (unpaired) electrons. The summed E-state index contributed by atoms with van der Waals surface area (Å²) in [6.45, 7) is 13.7. The van der Waals surface area contributed by atoms with Crippen LogP contribution in [-0.4, -0.2) is 73.2 Å². The molecule has 0 atom stereocenters. The van der Waals surface area contributed by atoms with E-state index in [1.165, 1.54) is 12.0 Å². The second-order valence-electron chi connectivity index (χ2n) is 9.58. The highest BCUT2D eigenvalue weighted by Gasteiger charge is 2.52. The summed E-state index contributed by atoms with van der Waals surface area (Å²) in [5, 5.41) is 9.28. The number of carbonyl (C=O) groups is 2. The number of benzene rings is 1. The van der Waals surface area contributed by atoms with Gasteiger partial charge in [0.05, 0.1) is 23.9 Å². The van der Waals surface area contributed by atoms with Gasteiger partial charge >= 0.3 is 19.2 Å². The van der Waals surface area contributed by atoms with Gasteiger partial charge in [-0.05, 0) is 77.5 Å². The molecule has 0 bridgehead atoms. The van der Waals surface area contributed by atoms with Crippen LogP contribution in [0.1, 0.15) is 63.4 Å². The van der Waals surface area contributed by atoms with Crippen molar-refractivity contribution in [1.29, 1.82) is 0 Å². The lowest BCUT2D eigenvalue weighted by Gasteiger charge is -2.39. The van der Waals surface area contributed by atoms with Crippen LogP contribution in [0.3, 0.4) is 0 Å². The fourth-order valence-electron chi connectivity index (χ4n) is 4.45. The van der Waals surface area contributed by atoms with Crippen LogP contribution >= 0.6 is 0 Å². The molecule has 2 aliphatic rings. The third-order valence-corrected chi connectivity index (χ3v) is 7.16. The Balaban J connectivity index is 2.00. The first-order valence-electron chi connectivity index (χ1n) is 11.2. The minimum atomic E-state index is -0.876. The standard InChI is InChI=1S/C23H35BN2O6/c1-8-26(17-9-11-25(12-10-17)21(28)29)19-14-16(13-18(15(19)2)20(27)30-7)24-31-22(3,4)23(5,6)32-24/h13-14,17H,8-12H2,1-7H3,(H,28,29). The number of esters is 1. The molecule has 8 nitrogen and oxygen atoms in total. The Morgan fingerprint density at radius 2 is 1.75 bits per heavy atom. The van der Waals surface area contributed by atoms with Gasteiger partial charge in [-0.15, -0.1) is 0 Å². The smallest absolute Gasteiger partial charge is 0.465 e. The van der Waals surface area contributed by atoms with E-state index in [0.717, 1.165) is 36.1 Å². The molecule has 1 amide bonds. The van der Waals surface area contributed by atoms with E-state index < -0.39 is 30.4 Å². The van der Waals surface area contributed by atoms with E-state index in [1.807, 2.05) is 40.7 Å². The predicted molar refractivity (Wildman–Crippen MR) is 124 cm³/mol. The van der Waals surface area contributed by atoms with Crippen LogP contribution in [0.15, 0.2) is 12.1 Å². The highest BCUT2D eigenvalue weighted by molar-refractivity contribution is 6.62. The molecular weight excluding hydrogens is 411 g/mol. The highest BCUT2D eigenvalue weighted by Crippen LogP contribution is 2.37. The van der Waals surface area contributed by atoms with Gasteiger partial charge in [0.2, 0.25) is 0 Å². The third-order valence-electron chi connectivity index (χ3n) is 7.16. The summed E-state index contributed by atoms with van der Waals surface area (Å²) >= 11 is 0. The van der Waals surface area contributed by atoms with Gasteiger partial charge in [0.25, 0.3) is 0 Å². The molecule has 0 saturated carbocycles. The molecule has 2 saturated heterocycles. The number of carboxylic acid groups (broad SMARTS) is 1. The van der Waals surface area contributed by atoms with Crippen LogP contribution in [0, 0.1) is 6.92 Å². The number of methoxy groups -OCH3 is 1. The normalized spacial score (nSPS) is 20.3. The van der Waals surface area contributed by atoms with Crippen LogP contribution in [0.25, 0.3) is 0 Å². The molecule has 3 rings (SSSR count). The SMILES string of the molecule is CCN(c1cc(B2OC(C)(C)C(C)(C)O2)cc(C(=O)OC)c1C)C1CCN(C(=O)O)CC1. The van der Waals surface area contributed by atoms with Crippen molar-refractivity contribution in [2.45, 2.75) is 71.6 Å². The van der Waals surface area contributed by atoms with Crippen molar-refractivity contribution in [3.8, 4) is 0 Å². The topological polar surface area (TPSA) is 88.5 Å². The largest absolute Gasteiger partial charge is 0.494 e. The van der Waals surface area contributed by atoms with Gasteiger partial charge in [0, 0.05) is 31.4 Å². The fourth-order valence-corrected chi connectivity index (χ4v) is 4.45. The molecule has 9 heteroatoms. The monoisotopic (exact) mass is 446 g/mol. The molecular formula is C23H35BN2O6. The molecule has 176 valence electrons. The average Bonchev–Trinajstić information content (AvgIpc) is 2.96. The van der Waals surface area contributed by atoms with Crippen LogP contribution < -0.4 is 10.4 Å². The summed E-state index contributed by atoms with van der Waals surface area (Å²) < 4.78 is 17.6. The van der Waals surface area contributed by atoms with E-state index in [4.69, 9.17) is 14.0 Å². The lowest BCUT2D eigenvalue weighted by Crippen LogP contribution is -2.47. The Morgan fingerprint density at radius 3 is 2.22 bits per heavy atom. The van der Waals surface area contributed by atoms with Gasteiger partial charge in [0.1, 0.15) is 0 Å². The van der Waals surface area contributed by atoms with E-state index in [9.17, 15) is 14.7 Å². The summed E-state index contributed by atoms with van der Waals surface area (Å²) in [6.07, 6.45) is 0.584. The Morgan fingerprint density at radius 1 is 1.19 bits per heavy atom. The van der Waals surface area contributed by atoms with E-state index in [0.29, 0.717) is 18.7 Å². The first-order chi connectivity index (χ1) is 14.9. The van der Waals surface area contributed by atoms with Gasteiger partial charge in [-0.2, -0.15) is 0 Å². The number of rotatable bonds is 5. The maximum atomic E-state index is 12.6. The lowest BCUT2D eigenvalue weighted by atomic mass is 9.77. The van der Waals surface area contributed by atoms with E-state index >= 15 is 0 Å². The van der Waals surface area contributed by atoms with E-state index in [2.05, 4.69) is 11.8 Å². The minimum absolute atomic E-state index is 0.174. The first kappa shape index (κ1) is 24.4. The molecule has 1 aromatic rings. The number of nitrogens with zero attached hydrogens (tertiary/aromatic N) is 2. The predicted octanol–water partition coefficient (Wildman–Crippen LogP) is 3.05. The van der Waals surface area contributed by atoms with Gasteiger partial charge in [-0.1, -0.05) is 0 Å². The summed E-state index contributed by atoms with van der Waals surface area (Å²) in [5.74, 6) is -0.404. The van der Waals surface area contributed by atoms with Crippen LogP contribution in [0.5, 0.6) is 0 Å². The second kappa shape index (κ2) is 8.94. The highest BCUT2D eigenvalue weighted by atomic mass is 16.7. The number of likely N-dealkylation sites (tertiary alicyclic amines) is 1. The Hall–Kier alpha value is -2.26. The number of piperidine rings is 1. The first-order valence-corrected chi connectivity index (χ1v) is 11.2. The van der Waals surface area contributed by atoms with E-state index in [-0.39, 0.29) is 6.04 Å². The quantitative estimate of drug-likeness (QED) is 0.550. The molecule has 0 aliphatic carbocycles. The Bertz CT molecular complexity index is 863. The zero-order valence-corrected chi connectivity index (χ0v) is 20.2. The number of hydrogen-bond acceptors (Lipinski definition) is 6. The number of amides is 1. The summed E-state index contributed by atoms with van der Waals surface area (Å²) in [4.78, 5) is 27.6. The van der Waals surface area contributed by atoms with Crippen molar-refractivity contribution in [2.75, 3.05) is 31.6 Å². The van der Waals surface area contributed by atoms with Gasteiger partial charge in [0.15, 0.2) is 0 Å². The number of anilines is 1. The minimum Gasteiger partial charge on any atom is -0.465 e. The number of hydrogen-bond donors (Lipinski definition) is 1. The molecule has 2 aliphatic heterocycles. The van der Waals surface area contributed by atoms with E-state index in [1.54, 1.807) is 6.07 Å². The van der Waals surface area contributed by atoms with Crippen molar-refractivity contribution < 1.29 is 28.7 Å². The molecule has 0 unspecified atom stereocenters. The van der Waals surface area contributed by atoms with Gasteiger partial charge in [-0.3, -0.25) is 0 Å². The molecule has 0 spiro atoms. The number of carbonyl (C=O) groups excluding carboxylic acids is 1. The summed E-state index contributed by atoms with van der Waals surface area (Å²) in [7, 11) is 0.776. The summed E-state index contributed by atoms with van der Waals surface area (Å²) in [5.41, 5.74) is 2.01. The van der Waals surface area contributed by atoms with Crippen molar-refractivity contribution in [3.05, 3.63) is 23.3 Å². The lowest BCUT2D eigenvalue weighted by molar-refractivity contribution is 0.00578. The van der Waals surface area contributed by atoms with Crippen molar-refractivity contribution in [1.82, 2.24) is 4.90 Å². The molecule has 0 aromatic heterocycles. The van der Waals surface area contributed by atoms with Crippen molar-refractivity contribution in [3.63, 3.8) is 0 Å². The van der Waals surface area contributed by atoms with Crippen molar-refractivity contribution in [2.24, 2.45) is 0 Å².